The summed E-state index contributed by atoms with van der Waals surface area (Å²) in [5, 5.41) is 13.2. The van der Waals surface area contributed by atoms with Crippen molar-refractivity contribution in [2.75, 3.05) is 32.7 Å². The second-order valence-electron chi connectivity index (χ2n) is 6.29. The maximum absolute atomic E-state index is 11.6. The van der Waals surface area contributed by atoms with Crippen LogP contribution in [0.2, 0.25) is 0 Å². The first-order valence-electron chi connectivity index (χ1n) is 9.17. The predicted octanol–water partition coefficient (Wildman–Crippen LogP) is 2.47. The molecule has 1 atom stereocenters. The number of hydrogen-bond acceptors (Lipinski definition) is 7. The molecule has 0 saturated carbocycles. The molecular weight excluding hydrogens is 439 g/mol. The molecule has 1 heterocycles. The lowest BCUT2D eigenvalue weighted by atomic mass is 10.0. The number of aromatic hydroxyl groups is 1. The Bertz CT molecular complexity index is 811. The zero-order chi connectivity index (χ0) is 19.8. The number of aromatic nitrogens is 1. The van der Waals surface area contributed by atoms with Gasteiger partial charge >= 0.3 is 11.0 Å². The van der Waals surface area contributed by atoms with E-state index < -0.39 is 12.2 Å². The number of carbonyl (C=O) groups is 1. The molecule has 0 aliphatic rings. The van der Waals surface area contributed by atoms with Crippen molar-refractivity contribution in [1.29, 1.82) is 0 Å². The van der Waals surface area contributed by atoms with Crippen molar-refractivity contribution >= 4 is 52.5 Å². The molecule has 1 aromatic carbocycles. The van der Waals surface area contributed by atoms with Crippen LogP contribution in [0.15, 0.2) is 16.9 Å². The van der Waals surface area contributed by atoms with Gasteiger partial charge in [0.1, 0.15) is 17.4 Å². The molecule has 0 aliphatic heterocycles. The van der Waals surface area contributed by atoms with Gasteiger partial charge in [-0.25, -0.2) is 4.79 Å². The number of nitrogens with one attached hydrogen (secondary N) is 2. The van der Waals surface area contributed by atoms with Gasteiger partial charge < -0.3 is 30.8 Å². The number of ether oxygens (including phenoxy) is 1. The number of primary amides is 1. The minimum Gasteiger partial charge on any atom is -0.506 e. The molecule has 2 aromatic rings. The number of phenolic OH excluding ortho intramolecular Hbond substituents is 1. The number of benzene rings is 1. The maximum Gasteiger partial charge on any atom is 0.404 e. The molecular formula is C18H30Cl2N4O4S. The van der Waals surface area contributed by atoms with Crippen molar-refractivity contribution < 1.29 is 14.6 Å². The molecule has 11 heteroatoms. The van der Waals surface area contributed by atoms with Crippen molar-refractivity contribution in [3.63, 3.8) is 0 Å². The quantitative estimate of drug-likeness (QED) is 0.375. The van der Waals surface area contributed by atoms with Gasteiger partial charge in [-0.2, -0.15) is 0 Å². The molecule has 0 radical (unpaired) electrons. The van der Waals surface area contributed by atoms with E-state index in [9.17, 15) is 14.7 Å². The number of fused-ring (bicyclic) bond motifs is 1. The summed E-state index contributed by atoms with van der Waals surface area (Å²) >= 11 is 1.03. The first-order valence-corrected chi connectivity index (χ1v) is 9.99. The summed E-state index contributed by atoms with van der Waals surface area (Å²) < 4.78 is 5.93. The number of carbonyl (C=O) groups excluding carboxylic acids is 1. The second-order valence-corrected chi connectivity index (χ2v) is 7.27. The third-order valence-corrected chi connectivity index (χ3v) is 5.47. The summed E-state index contributed by atoms with van der Waals surface area (Å²) in [6.45, 7) is 8.80. The van der Waals surface area contributed by atoms with Crippen LogP contribution in [0.3, 0.4) is 0 Å². The highest BCUT2D eigenvalue weighted by Gasteiger charge is 2.17. The normalized spacial score (nSPS) is 11.7. The summed E-state index contributed by atoms with van der Waals surface area (Å²) in [4.78, 5) is 27.6. The average molecular weight is 469 g/mol. The topological polar surface area (TPSA) is 121 Å². The van der Waals surface area contributed by atoms with Crippen LogP contribution in [-0.2, 0) is 11.2 Å². The van der Waals surface area contributed by atoms with Gasteiger partial charge in [0.15, 0.2) is 0 Å². The van der Waals surface area contributed by atoms with Crippen molar-refractivity contribution in [2.45, 2.75) is 32.8 Å². The lowest BCUT2D eigenvalue weighted by molar-refractivity contribution is 0.101. The number of thiazole rings is 1. The molecule has 166 valence electrons. The lowest BCUT2D eigenvalue weighted by Gasteiger charge is -2.20. The monoisotopic (exact) mass is 468 g/mol. The van der Waals surface area contributed by atoms with Gasteiger partial charge in [-0.3, -0.25) is 4.79 Å². The molecule has 0 saturated heterocycles. The first kappa shape index (κ1) is 27.5. The Morgan fingerprint density at radius 2 is 2.00 bits per heavy atom. The number of phenols is 1. The van der Waals surface area contributed by atoms with Gasteiger partial charge in [0.25, 0.3) is 0 Å². The summed E-state index contributed by atoms with van der Waals surface area (Å²) in [6, 6.07) is 3.27. The van der Waals surface area contributed by atoms with Crippen LogP contribution >= 0.6 is 36.2 Å². The fourth-order valence-corrected chi connectivity index (χ4v) is 3.89. The highest BCUT2D eigenvalue weighted by atomic mass is 35.5. The van der Waals surface area contributed by atoms with E-state index in [1.54, 1.807) is 6.07 Å². The lowest BCUT2D eigenvalue weighted by Crippen LogP contribution is -2.34. The number of amides is 1. The number of aromatic amines is 1. The van der Waals surface area contributed by atoms with Crippen molar-refractivity contribution in [3.05, 3.63) is 27.4 Å². The van der Waals surface area contributed by atoms with Gasteiger partial charge in [-0.15, -0.1) is 24.8 Å². The van der Waals surface area contributed by atoms with Crippen molar-refractivity contribution in [3.8, 4) is 5.75 Å². The molecule has 2 rings (SSSR count). The number of rotatable bonds is 11. The maximum atomic E-state index is 11.6. The van der Waals surface area contributed by atoms with Gasteiger partial charge in [-0.1, -0.05) is 31.3 Å². The Hall–Kier alpha value is -1.52. The average Bonchev–Trinajstić information content (AvgIpc) is 3.02. The van der Waals surface area contributed by atoms with Crippen molar-refractivity contribution in [2.24, 2.45) is 5.73 Å². The fraction of sp³-hybridized carbons (Fsp3) is 0.556. The van der Waals surface area contributed by atoms with Crippen LogP contribution in [0.5, 0.6) is 5.75 Å². The second kappa shape index (κ2) is 13.7. The van der Waals surface area contributed by atoms with E-state index in [2.05, 4.69) is 29.0 Å². The summed E-state index contributed by atoms with van der Waals surface area (Å²) in [6.07, 6.45) is -0.206. The van der Waals surface area contributed by atoms with Crippen LogP contribution in [0.4, 0.5) is 4.79 Å². The van der Waals surface area contributed by atoms with Gasteiger partial charge in [0.05, 0.1) is 4.70 Å². The van der Waals surface area contributed by atoms with Gasteiger partial charge in [0, 0.05) is 19.5 Å². The number of hydrogen-bond donors (Lipinski definition) is 4. The molecule has 0 bridgehead atoms. The number of nitrogens with two attached hydrogens (primary N) is 1. The van der Waals surface area contributed by atoms with Crippen LogP contribution in [0, 0.1) is 0 Å². The summed E-state index contributed by atoms with van der Waals surface area (Å²) in [5.41, 5.74) is 6.46. The SMILES string of the molecule is CCN(CC)CCNCCC(Cc1ccc(O)c2[nH]c(=O)sc12)OC(N)=O.Cl.Cl. The van der Waals surface area contributed by atoms with Crippen LogP contribution in [-0.4, -0.2) is 59.9 Å². The largest absolute Gasteiger partial charge is 0.506 e. The van der Waals surface area contributed by atoms with E-state index in [4.69, 9.17) is 10.5 Å². The van der Waals surface area contributed by atoms with Crippen LogP contribution in [0.1, 0.15) is 25.8 Å². The number of likely N-dealkylation sites (N-methyl/N-ethyl adjacent to an activating group) is 1. The van der Waals surface area contributed by atoms with E-state index in [1.807, 2.05) is 0 Å². The molecule has 0 aliphatic carbocycles. The molecule has 5 N–H and O–H groups in total. The Labute approximate surface area is 186 Å². The predicted molar refractivity (Wildman–Crippen MR) is 122 cm³/mol. The minimum absolute atomic E-state index is 0. The fourth-order valence-electron chi connectivity index (χ4n) is 3.01. The zero-order valence-corrected chi connectivity index (χ0v) is 19.1. The molecule has 8 nitrogen and oxygen atoms in total. The number of H-pyrrole nitrogens is 1. The van der Waals surface area contributed by atoms with Gasteiger partial charge in [0.2, 0.25) is 0 Å². The molecule has 1 aromatic heterocycles. The number of halogens is 2. The Balaban J connectivity index is 0.00000392. The van der Waals surface area contributed by atoms with E-state index >= 15 is 0 Å². The Kier molecular flexibility index (Phi) is 12.9. The van der Waals surface area contributed by atoms with E-state index in [0.717, 1.165) is 43.1 Å². The van der Waals surface area contributed by atoms with Crippen LogP contribution < -0.4 is 15.9 Å². The Morgan fingerprint density at radius 1 is 1.31 bits per heavy atom. The van der Waals surface area contributed by atoms with E-state index in [0.29, 0.717) is 29.6 Å². The molecule has 1 amide bonds. The number of nitrogens with zero attached hydrogens (tertiary/aromatic N) is 1. The highest BCUT2D eigenvalue weighted by molar-refractivity contribution is 7.16. The van der Waals surface area contributed by atoms with Crippen LogP contribution in [0.25, 0.3) is 10.2 Å². The summed E-state index contributed by atoms with van der Waals surface area (Å²) in [5.74, 6) is 0.0255. The minimum atomic E-state index is -0.819. The molecule has 29 heavy (non-hydrogen) atoms. The molecule has 1 unspecified atom stereocenters. The third kappa shape index (κ3) is 8.39. The zero-order valence-electron chi connectivity index (χ0n) is 16.6. The first-order chi connectivity index (χ1) is 12.9. The van der Waals surface area contributed by atoms with E-state index in [1.165, 1.54) is 6.07 Å². The van der Waals surface area contributed by atoms with Crippen molar-refractivity contribution in [1.82, 2.24) is 15.2 Å². The Morgan fingerprint density at radius 3 is 2.62 bits per heavy atom. The molecule has 0 spiro atoms. The molecule has 0 fully saturated rings. The van der Waals surface area contributed by atoms with E-state index in [-0.39, 0.29) is 35.4 Å². The smallest absolute Gasteiger partial charge is 0.404 e. The van der Waals surface area contributed by atoms with Gasteiger partial charge in [-0.05, 0) is 37.7 Å². The highest BCUT2D eigenvalue weighted by Crippen LogP contribution is 2.29. The summed E-state index contributed by atoms with van der Waals surface area (Å²) in [7, 11) is 0. The standard InChI is InChI=1S/C18H28N4O4S.2ClH/c1-3-22(4-2)10-9-20-8-7-13(26-17(19)24)11-12-5-6-14(23)15-16(12)27-18(25)21-15;;/h5-6,13,20,23H,3-4,7-11H2,1-2H3,(H2,19,24)(H,21,25);2*1H. The third-order valence-electron chi connectivity index (χ3n) is 4.51.